The van der Waals surface area contributed by atoms with E-state index < -0.39 is 17.1 Å². The summed E-state index contributed by atoms with van der Waals surface area (Å²) in [5, 5.41) is 8.24. The molecule has 0 saturated heterocycles. The molecule has 0 radical (unpaired) electrons. The fourth-order valence-electron chi connectivity index (χ4n) is 9.05. The predicted molar refractivity (Wildman–Crippen MR) is 226 cm³/mol. The van der Waals surface area contributed by atoms with E-state index in [9.17, 15) is 8.42 Å². The van der Waals surface area contributed by atoms with Gasteiger partial charge < -0.3 is 0 Å². The van der Waals surface area contributed by atoms with Crippen LogP contribution in [0.1, 0.15) is 75.3 Å². The van der Waals surface area contributed by atoms with E-state index in [1.54, 1.807) is 5.30 Å². The molecule has 0 aliphatic heterocycles. The molecule has 2 fully saturated rings. The summed E-state index contributed by atoms with van der Waals surface area (Å²) in [5.74, 6) is 0. The first-order valence-electron chi connectivity index (χ1n) is 18.6. The summed E-state index contributed by atoms with van der Waals surface area (Å²) in [6.07, 6.45) is 14.7. The molecular formula is C42H56NO3P3S. The number of aryl methyl sites for hydroxylation is 2. The molecule has 0 bridgehead atoms. The van der Waals surface area contributed by atoms with Crippen LogP contribution in [-0.4, -0.2) is 45.8 Å². The van der Waals surface area contributed by atoms with Crippen molar-refractivity contribution in [3.05, 3.63) is 96.1 Å². The van der Waals surface area contributed by atoms with Gasteiger partial charge in [0.25, 0.3) is 0 Å². The second-order valence-corrected chi connectivity index (χ2v) is 25.1. The molecule has 0 amide bonds. The van der Waals surface area contributed by atoms with Crippen molar-refractivity contribution in [3.63, 3.8) is 0 Å². The molecule has 8 heteroatoms. The summed E-state index contributed by atoms with van der Waals surface area (Å²) >= 11 is 0. The predicted octanol–water partition coefficient (Wildman–Crippen LogP) is 9.92. The number of rotatable bonds is 13. The van der Waals surface area contributed by atoms with Gasteiger partial charge in [-0.1, -0.05) is 0 Å². The van der Waals surface area contributed by atoms with Crippen molar-refractivity contribution >= 4 is 55.5 Å². The molecule has 2 aliphatic rings. The van der Waals surface area contributed by atoms with Crippen LogP contribution in [0, 0.1) is 13.8 Å². The van der Waals surface area contributed by atoms with Crippen LogP contribution in [-0.2, 0) is 14.3 Å². The maximum absolute atomic E-state index is 11.6. The molecule has 0 spiro atoms. The van der Waals surface area contributed by atoms with E-state index in [0.29, 0.717) is 6.54 Å². The summed E-state index contributed by atoms with van der Waals surface area (Å²) in [7, 11) is -1.96. The fraction of sp³-hybridized carbons (Fsp3) is 0.429. The van der Waals surface area contributed by atoms with Gasteiger partial charge in [-0.3, -0.25) is 0 Å². The molecule has 4 aromatic carbocycles. The van der Waals surface area contributed by atoms with Gasteiger partial charge in [0.2, 0.25) is 0 Å². The molecule has 4 nitrogen and oxygen atoms in total. The Morgan fingerprint density at radius 2 is 1.32 bits per heavy atom. The van der Waals surface area contributed by atoms with Gasteiger partial charge in [0.1, 0.15) is 0 Å². The van der Waals surface area contributed by atoms with E-state index in [4.69, 9.17) is 4.18 Å². The van der Waals surface area contributed by atoms with Crippen LogP contribution < -0.4 is 21.2 Å². The van der Waals surface area contributed by atoms with E-state index in [2.05, 4.69) is 111 Å². The molecule has 1 N–H and O–H groups in total. The van der Waals surface area contributed by atoms with E-state index in [1.807, 2.05) is 0 Å². The third-order valence-electron chi connectivity index (χ3n) is 11.1. The van der Waals surface area contributed by atoms with Gasteiger partial charge in [-0.15, -0.1) is 0 Å². The maximum atomic E-state index is 11.6. The van der Waals surface area contributed by atoms with Crippen molar-refractivity contribution in [2.75, 3.05) is 31.4 Å². The summed E-state index contributed by atoms with van der Waals surface area (Å²) in [6, 6.07) is 32.3. The Labute approximate surface area is 305 Å². The van der Waals surface area contributed by atoms with Crippen molar-refractivity contribution in [1.82, 2.24) is 0 Å². The Kier molecular flexibility index (Phi) is 12.9. The molecule has 50 heavy (non-hydrogen) atoms. The van der Waals surface area contributed by atoms with E-state index in [0.717, 1.165) is 40.1 Å². The molecule has 4 aromatic rings. The Hall–Kier alpha value is -2.12. The molecule has 6 rings (SSSR count). The first-order chi connectivity index (χ1) is 24.2. The van der Waals surface area contributed by atoms with Crippen LogP contribution in [0.4, 0.5) is 5.69 Å². The fourth-order valence-corrected chi connectivity index (χ4v) is 23.1. The van der Waals surface area contributed by atoms with Gasteiger partial charge >= 0.3 is 307 Å². The summed E-state index contributed by atoms with van der Waals surface area (Å²) in [5.41, 5.74) is 10.9. The number of para-hydroxylation sites is 1. The molecule has 2 aliphatic carbocycles. The van der Waals surface area contributed by atoms with Crippen LogP contribution in [0.3, 0.4) is 0 Å². The Morgan fingerprint density at radius 3 is 1.96 bits per heavy atom. The van der Waals surface area contributed by atoms with Crippen LogP contribution in [0.15, 0.2) is 84.9 Å². The second kappa shape index (κ2) is 17.1. The minimum atomic E-state index is -3.48. The molecule has 2 unspecified atom stereocenters. The monoisotopic (exact) mass is 747 g/mol. The van der Waals surface area contributed by atoms with Crippen LogP contribution in [0.25, 0.3) is 22.3 Å². The van der Waals surface area contributed by atoms with Crippen molar-refractivity contribution in [3.8, 4) is 22.3 Å². The Bertz CT molecular complexity index is 1850. The molecule has 2 atom stereocenters. The average Bonchev–Trinajstić information content (AvgIpc) is 3.13. The first kappa shape index (κ1) is 37.6. The van der Waals surface area contributed by atoms with Gasteiger partial charge in [-0.25, -0.2) is 0 Å². The van der Waals surface area contributed by atoms with Gasteiger partial charge in [0.05, 0.1) is 0 Å². The molecule has 2 saturated carbocycles. The number of nitrogens with one attached hydrogen (secondary N) is 1. The molecule has 268 valence electrons. The summed E-state index contributed by atoms with van der Waals surface area (Å²) in [4.78, 5) is 0. The normalized spacial score (nSPS) is 17.2. The quantitative estimate of drug-likeness (QED) is 0.0841. The number of hydrogen-bond acceptors (Lipinski definition) is 4. The van der Waals surface area contributed by atoms with Crippen molar-refractivity contribution in [2.24, 2.45) is 0 Å². The topological polar surface area (TPSA) is 55.4 Å². The van der Waals surface area contributed by atoms with Gasteiger partial charge in [-0.05, 0) is 0 Å². The Morgan fingerprint density at radius 1 is 0.740 bits per heavy atom. The zero-order valence-electron chi connectivity index (χ0n) is 30.4. The van der Waals surface area contributed by atoms with E-state index >= 15 is 0 Å². The third-order valence-corrected chi connectivity index (χ3v) is 24.1. The third kappa shape index (κ3) is 8.56. The standard InChI is InChI=1S/C42H56NO3P3S/c1-31-29-32(2)42(40(30-31)47-3)37-23-13-16-26-41(37)49(33-17-7-5-8-18-33,34-19-9-6-10-20-34)48-39-25-15-12-22-36(39)35-21-11-14-24-38(35)43-27-28-46-50(4,44)45/h11-16,21-26,29-30,33-34,43,47-49H,5-10,17-20,27-28H2,1-4H3. The van der Waals surface area contributed by atoms with Gasteiger partial charge in [0.15, 0.2) is 0 Å². The zero-order valence-corrected chi connectivity index (χ0v) is 34.2. The van der Waals surface area contributed by atoms with E-state index in [1.165, 1.54) is 108 Å². The second-order valence-electron chi connectivity index (χ2n) is 14.5. The summed E-state index contributed by atoms with van der Waals surface area (Å²) < 4.78 is 28.3. The minimum absolute atomic E-state index is 0.103. The van der Waals surface area contributed by atoms with Crippen molar-refractivity contribution in [1.29, 1.82) is 0 Å². The first-order valence-corrected chi connectivity index (χ1v) is 26.1. The number of hydrogen-bond donors (Lipinski definition) is 1. The van der Waals surface area contributed by atoms with Crippen LogP contribution in [0.2, 0.25) is 0 Å². The SMILES string of the molecule is CPc1cc(C)cc(C)c1-c1ccccc1[PH](Pc1ccccc1-c1ccccc1NCCOS(C)(=O)=O)(C1CCCCC1)C1CCCCC1. The van der Waals surface area contributed by atoms with Gasteiger partial charge in [0, 0.05) is 0 Å². The Balaban J connectivity index is 1.53. The number of benzene rings is 4. The van der Waals surface area contributed by atoms with Crippen LogP contribution in [0.5, 0.6) is 0 Å². The zero-order chi connectivity index (χ0) is 35.1. The molecule has 0 aromatic heterocycles. The van der Waals surface area contributed by atoms with Crippen molar-refractivity contribution in [2.45, 2.75) is 89.4 Å². The van der Waals surface area contributed by atoms with Crippen LogP contribution >= 0.6 is 23.8 Å². The average molecular weight is 748 g/mol. The molecular weight excluding hydrogens is 691 g/mol. The molecule has 0 heterocycles. The summed E-state index contributed by atoms with van der Waals surface area (Å²) in [6.45, 7) is 5.24. The van der Waals surface area contributed by atoms with E-state index in [-0.39, 0.29) is 6.61 Å². The van der Waals surface area contributed by atoms with Gasteiger partial charge in [-0.2, -0.15) is 0 Å². The number of anilines is 1. The van der Waals surface area contributed by atoms with Crippen molar-refractivity contribution < 1.29 is 12.6 Å².